The molecule has 0 fully saturated rings. The summed E-state index contributed by atoms with van der Waals surface area (Å²) in [5, 5.41) is 3.21. The number of nitrogens with two attached hydrogens (primary N) is 1. The Balaban J connectivity index is 2.15. The summed E-state index contributed by atoms with van der Waals surface area (Å²) in [4.78, 5) is 4.50. The van der Waals surface area contributed by atoms with Gasteiger partial charge in [-0.05, 0) is 12.5 Å². The second-order valence-corrected chi connectivity index (χ2v) is 6.32. The van der Waals surface area contributed by atoms with E-state index in [0.717, 1.165) is 17.1 Å². The van der Waals surface area contributed by atoms with Crippen molar-refractivity contribution in [2.45, 2.75) is 38.6 Å². The summed E-state index contributed by atoms with van der Waals surface area (Å²) < 4.78 is 0. The average Bonchev–Trinajstić information content (AvgIpc) is 2.76. The highest BCUT2D eigenvalue weighted by atomic mass is 32.1. The predicted octanol–water partition coefficient (Wildman–Crippen LogP) is 3.30. The van der Waals surface area contributed by atoms with Gasteiger partial charge in [-0.3, -0.25) is 0 Å². The van der Waals surface area contributed by atoms with Gasteiger partial charge in [0.15, 0.2) is 0 Å². The van der Waals surface area contributed by atoms with Crippen LogP contribution in [0.1, 0.15) is 30.1 Å². The number of nitrogens with zero attached hydrogens (tertiary/aromatic N) is 1. The van der Waals surface area contributed by atoms with E-state index in [9.17, 15) is 0 Å². The Morgan fingerprint density at radius 1 is 1.28 bits per heavy atom. The smallest absolute Gasteiger partial charge is 0.0897 e. The van der Waals surface area contributed by atoms with Crippen molar-refractivity contribution in [3.05, 3.63) is 52.0 Å². The fourth-order valence-corrected chi connectivity index (χ4v) is 2.69. The summed E-state index contributed by atoms with van der Waals surface area (Å²) in [6.07, 6.45) is 0.826. The molecule has 0 saturated carbocycles. The Bertz CT molecular complexity index is 502. The molecule has 0 radical (unpaired) electrons. The molecule has 2 rings (SSSR count). The maximum Gasteiger partial charge on any atom is 0.0897 e. The highest BCUT2D eigenvalue weighted by molar-refractivity contribution is 7.09. The lowest BCUT2D eigenvalue weighted by atomic mass is 9.76. The lowest BCUT2D eigenvalue weighted by Crippen LogP contribution is -2.42. The molecule has 0 saturated heterocycles. The molecule has 0 bridgehead atoms. The molecule has 0 aliphatic carbocycles. The average molecular weight is 260 g/mol. The van der Waals surface area contributed by atoms with Crippen molar-refractivity contribution in [2.75, 3.05) is 0 Å². The van der Waals surface area contributed by atoms with Crippen LogP contribution >= 0.6 is 11.3 Å². The lowest BCUT2D eigenvalue weighted by Gasteiger charge is -2.32. The summed E-state index contributed by atoms with van der Waals surface area (Å²) in [6, 6.07) is 10.5. The number of benzene rings is 1. The third kappa shape index (κ3) is 2.79. The first-order valence-corrected chi connectivity index (χ1v) is 7.10. The van der Waals surface area contributed by atoms with Crippen molar-refractivity contribution >= 4 is 11.3 Å². The minimum Gasteiger partial charge on any atom is -0.327 e. The van der Waals surface area contributed by atoms with Crippen molar-refractivity contribution in [1.82, 2.24) is 4.98 Å². The molecule has 2 aromatic rings. The first kappa shape index (κ1) is 13.2. The molecule has 1 heterocycles. The second kappa shape index (κ2) is 5.21. The molecule has 0 spiro atoms. The molecule has 1 aromatic heterocycles. The van der Waals surface area contributed by atoms with E-state index in [0.29, 0.717) is 0 Å². The monoisotopic (exact) mass is 260 g/mol. The third-order valence-electron chi connectivity index (χ3n) is 3.54. The van der Waals surface area contributed by atoms with E-state index >= 15 is 0 Å². The highest BCUT2D eigenvalue weighted by Crippen LogP contribution is 2.27. The Morgan fingerprint density at radius 2 is 1.94 bits per heavy atom. The minimum absolute atomic E-state index is 0.0429. The summed E-state index contributed by atoms with van der Waals surface area (Å²) >= 11 is 1.69. The molecule has 2 N–H and O–H groups in total. The van der Waals surface area contributed by atoms with Crippen LogP contribution in [0.25, 0.3) is 0 Å². The number of hydrogen-bond acceptors (Lipinski definition) is 3. The van der Waals surface area contributed by atoms with E-state index in [1.165, 1.54) is 5.56 Å². The number of hydrogen-bond donors (Lipinski definition) is 1. The van der Waals surface area contributed by atoms with Gasteiger partial charge in [0.05, 0.1) is 10.7 Å². The molecule has 0 aliphatic rings. The van der Waals surface area contributed by atoms with Crippen molar-refractivity contribution in [3.63, 3.8) is 0 Å². The molecule has 1 atom stereocenters. The van der Waals surface area contributed by atoms with Crippen LogP contribution in [-0.2, 0) is 11.8 Å². The number of aryl methyl sites for hydroxylation is 1. The van der Waals surface area contributed by atoms with Gasteiger partial charge in [-0.15, -0.1) is 11.3 Å². The summed E-state index contributed by atoms with van der Waals surface area (Å²) in [7, 11) is 0. The number of aromatic nitrogens is 1. The quantitative estimate of drug-likeness (QED) is 0.916. The standard InChI is InChI=1S/C15H20N2S/c1-11-17-13(10-18-11)9-14(16)15(2,3)12-7-5-4-6-8-12/h4-8,10,14H,9,16H2,1-3H3. The summed E-state index contributed by atoms with van der Waals surface area (Å²) in [5.41, 5.74) is 8.73. The SMILES string of the molecule is Cc1nc(CC(N)C(C)(C)c2ccccc2)cs1. The maximum atomic E-state index is 6.39. The van der Waals surface area contributed by atoms with E-state index in [2.05, 4.69) is 48.5 Å². The van der Waals surface area contributed by atoms with Crippen LogP contribution in [0.5, 0.6) is 0 Å². The predicted molar refractivity (Wildman–Crippen MR) is 78.0 cm³/mol. The summed E-state index contributed by atoms with van der Waals surface area (Å²) in [6.45, 7) is 6.43. The third-order valence-corrected chi connectivity index (χ3v) is 4.36. The van der Waals surface area contributed by atoms with Gasteiger partial charge in [0.25, 0.3) is 0 Å². The van der Waals surface area contributed by atoms with Gasteiger partial charge in [-0.1, -0.05) is 44.2 Å². The van der Waals surface area contributed by atoms with Crippen LogP contribution in [0, 0.1) is 6.92 Å². The van der Waals surface area contributed by atoms with Gasteiger partial charge >= 0.3 is 0 Å². The fourth-order valence-electron chi connectivity index (χ4n) is 2.06. The van der Waals surface area contributed by atoms with E-state index in [4.69, 9.17) is 5.73 Å². The van der Waals surface area contributed by atoms with Crippen LogP contribution in [-0.4, -0.2) is 11.0 Å². The van der Waals surface area contributed by atoms with Crippen molar-refractivity contribution < 1.29 is 0 Å². The Hall–Kier alpha value is -1.19. The molecule has 18 heavy (non-hydrogen) atoms. The molecule has 0 amide bonds. The minimum atomic E-state index is -0.0429. The van der Waals surface area contributed by atoms with Crippen molar-refractivity contribution in [3.8, 4) is 0 Å². The highest BCUT2D eigenvalue weighted by Gasteiger charge is 2.28. The maximum absolute atomic E-state index is 6.39. The molecule has 0 aliphatic heterocycles. The zero-order valence-corrected chi connectivity index (χ0v) is 12.0. The van der Waals surface area contributed by atoms with Gasteiger partial charge in [0.2, 0.25) is 0 Å². The van der Waals surface area contributed by atoms with Gasteiger partial charge in [-0.2, -0.15) is 0 Å². The first-order valence-electron chi connectivity index (χ1n) is 6.22. The van der Waals surface area contributed by atoms with Crippen molar-refractivity contribution in [2.24, 2.45) is 5.73 Å². The summed E-state index contributed by atoms with van der Waals surface area (Å²) in [5.74, 6) is 0. The van der Waals surface area contributed by atoms with E-state index in [1.54, 1.807) is 11.3 Å². The van der Waals surface area contributed by atoms with Crippen molar-refractivity contribution in [1.29, 1.82) is 0 Å². The van der Waals surface area contributed by atoms with Gasteiger partial charge in [0.1, 0.15) is 0 Å². The topological polar surface area (TPSA) is 38.9 Å². The van der Waals surface area contributed by atoms with E-state index < -0.39 is 0 Å². The molecule has 2 nitrogen and oxygen atoms in total. The van der Waals surface area contributed by atoms with E-state index in [1.807, 2.05) is 13.0 Å². The first-order chi connectivity index (χ1) is 8.50. The zero-order chi connectivity index (χ0) is 13.2. The molecular weight excluding hydrogens is 240 g/mol. The normalized spacial score (nSPS) is 13.6. The molecule has 96 valence electrons. The number of thiazole rings is 1. The molecule has 3 heteroatoms. The second-order valence-electron chi connectivity index (χ2n) is 5.26. The zero-order valence-electron chi connectivity index (χ0n) is 11.2. The van der Waals surface area contributed by atoms with E-state index in [-0.39, 0.29) is 11.5 Å². The lowest BCUT2D eigenvalue weighted by molar-refractivity contribution is 0.404. The Kier molecular flexibility index (Phi) is 3.83. The fraction of sp³-hybridized carbons (Fsp3) is 0.400. The van der Waals surface area contributed by atoms with Crippen LogP contribution in [0.2, 0.25) is 0 Å². The molecular formula is C15H20N2S. The van der Waals surface area contributed by atoms with Crippen LogP contribution in [0.3, 0.4) is 0 Å². The largest absolute Gasteiger partial charge is 0.327 e. The molecule has 1 aromatic carbocycles. The van der Waals surface area contributed by atoms with Gasteiger partial charge in [-0.25, -0.2) is 4.98 Å². The Morgan fingerprint density at radius 3 is 2.50 bits per heavy atom. The van der Waals surface area contributed by atoms with Crippen LogP contribution < -0.4 is 5.73 Å². The van der Waals surface area contributed by atoms with Gasteiger partial charge < -0.3 is 5.73 Å². The van der Waals surface area contributed by atoms with Crippen LogP contribution in [0.4, 0.5) is 0 Å². The van der Waals surface area contributed by atoms with Gasteiger partial charge in [0, 0.05) is 23.3 Å². The Labute approximate surface area is 113 Å². The number of rotatable bonds is 4. The molecule has 1 unspecified atom stereocenters. The van der Waals surface area contributed by atoms with Crippen LogP contribution in [0.15, 0.2) is 35.7 Å².